The van der Waals surface area contributed by atoms with Crippen LogP contribution in [0.15, 0.2) is 16.6 Å². The van der Waals surface area contributed by atoms with Crippen LogP contribution in [0, 0.1) is 11.6 Å². The third-order valence-electron chi connectivity index (χ3n) is 3.46. The molecule has 1 aliphatic heterocycles. The van der Waals surface area contributed by atoms with Crippen LogP contribution in [0.3, 0.4) is 0 Å². The van der Waals surface area contributed by atoms with E-state index in [9.17, 15) is 8.78 Å². The minimum Gasteiger partial charge on any atom is -0.338 e. The van der Waals surface area contributed by atoms with Gasteiger partial charge in [-0.2, -0.15) is 4.98 Å². The zero-order chi connectivity index (χ0) is 15.0. The molecule has 1 atom stereocenters. The van der Waals surface area contributed by atoms with Crippen molar-refractivity contribution in [3.8, 4) is 11.4 Å². The molecule has 0 amide bonds. The average molecular weight is 358 g/mol. The Bertz CT molecular complexity index is 637. The molecule has 3 rings (SSSR count). The van der Waals surface area contributed by atoms with Gasteiger partial charge in [0.15, 0.2) is 5.82 Å². The Morgan fingerprint density at radius 2 is 2.05 bits per heavy atom. The van der Waals surface area contributed by atoms with Gasteiger partial charge < -0.3 is 10.6 Å². The van der Waals surface area contributed by atoms with Crippen molar-refractivity contribution in [3.05, 3.63) is 28.2 Å². The van der Waals surface area contributed by atoms with E-state index < -0.39 is 11.6 Å². The number of nitrogens with two attached hydrogens (primary N) is 1. The highest BCUT2D eigenvalue weighted by molar-refractivity contribution is 9.10. The lowest BCUT2D eigenvalue weighted by Gasteiger charge is -2.29. The van der Waals surface area contributed by atoms with Gasteiger partial charge in [0.2, 0.25) is 5.95 Å². The Balaban J connectivity index is 1.92. The highest BCUT2D eigenvalue weighted by Crippen LogP contribution is 2.28. The normalized spacial score (nSPS) is 19.0. The predicted molar refractivity (Wildman–Crippen MR) is 78.9 cm³/mol. The number of anilines is 1. The molecule has 0 radical (unpaired) electrons. The molecular formula is C13H14BrF2N5. The lowest BCUT2D eigenvalue weighted by molar-refractivity contribution is 0.500. The van der Waals surface area contributed by atoms with E-state index in [-0.39, 0.29) is 17.4 Å². The Labute approximate surface area is 128 Å². The smallest absolute Gasteiger partial charge is 0.245 e. The number of aromatic nitrogens is 3. The number of aromatic amines is 1. The molecule has 112 valence electrons. The molecule has 1 aromatic heterocycles. The molecule has 0 saturated carbocycles. The highest BCUT2D eigenvalue weighted by Gasteiger charge is 2.22. The van der Waals surface area contributed by atoms with E-state index in [1.807, 2.05) is 4.90 Å². The van der Waals surface area contributed by atoms with Crippen molar-refractivity contribution in [2.75, 3.05) is 18.0 Å². The summed E-state index contributed by atoms with van der Waals surface area (Å²) in [4.78, 5) is 6.12. The average Bonchev–Trinajstić information content (AvgIpc) is 2.87. The van der Waals surface area contributed by atoms with E-state index in [0.717, 1.165) is 19.4 Å². The summed E-state index contributed by atoms with van der Waals surface area (Å²) in [7, 11) is 0. The highest BCUT2D eigenvalue weighted by atomic mass is 79.9. The fourth-order valence-electron chi connectivity index (χ4n) is 2.47. The van der Waals surface area contributed by atoms with Crippen LogP contribution in [0.25, 0.3) is 11.4 Å². The quantitative estimate of drug-likeness (QED) is 0.865. The molecule has 0 aliphatic carbocycles. The summed E-state index contributed by atoms with van der Waals surface area (Å²) in [6.07, 6.45) is 1.91. The third kappa shape index (κ3) is 2.91. The SMILES string of the molecule is NC1CCCN(c2n[nH]c(-c3c(F)cc(Br)cc3F)n2)C1. The first-order valence-corrected chi connectivity index (χ1v) is 7.41. The van der Waals surface area contributed by atoms with Crippen LogP contribution in [0.5, 0.6) is 0 Å². The van der Waals surface area contributed by atoms with Crippen molar-refractivity contribution in [2.45, 2.75) is 18.9 Å². The van der Waals surface area contributed by atoms with Crippen molar-refractivity contribution in [3.63, 3.8) is 0 Å². The first-order chi connectivity index (χ1) is 10.0. The Hall–Kier alpha value is -1.54. The molecule has 2 aromatic rings. The van der Waals surface area contributed by atoms with Crippen molar-refractivity contribution in [1.82, 2.24) is 15.2 Å². The topological polar surface area (TPSA) is 70.8 Å². The number of H-pyrrole nitrogens is 1. The van der Waals surface area contributed by atoms with Crippen LogP contribution in [-0.2, 0) is 0 Å². The second-order valence-corrected chi connectivity index (χ2v) is 5.99. The molecule has 1 fully saturated rings. The molecule has 0 bridgehead atoms. The number of nitrogens with zero attached hydrogens (tertiary/aromatic N) is 3. The van der Waals surface area contributed by atoms with E-state index in [4.69, 9.17) is 5.73 Å². The van der Waals surface area contributed by atoms with Crippen molar-refractivity contribution in [2.24, 2.45) is 5.73 Å². The summed E-state index contributed by atoms with van der Waals surface area (Å²) in [6, 6.07) is 2.45. The molecule has 1 aromatic carbocycles. The van der Waals surface area contributed by atoms with Gasteiger partial charge in [0.25, 0.3) is 0 Å². The summed E-state index contributed by atoms with van der Waals surface area (Å²) >= 11 is 3.05. The molecule has 0 spiro atoms. The number of halogens is 3. The Morgan fingerprint density at radius 3 is 2.71 bits per heavy atom. The molecular weight excluding hydrogens is 344 g/mol. The number of rotatable bonds is 2. The van der Waals surface area contributed by atoms with Crippen LogP contribution < -0.4 is 10.6 Å². The number of benzene rings is 1. The largest absolute Gasteiger partial charge is 0.338 e. The summed E-state index contributed by atoms with van der Waals surface area (Å²) in [5.41, 5.74) is 5.70. The predicted octanol–water partition coefficient (Wildman–Crippen LogP) is 2.44. The van der Waals surface area contributed by atoms with Crippen molar-refractivity contribution in [1.29, 1.82) is 0 Å². The summed E-state index contributed by atoms with van der Waals surface area (Å²) < 4.78 is 28.2. The molecule has 1 saturated heterocycles. The first kappa shape index (κ1) is 14.4. The lowest BCUT2D eigenvalue weighted by Crippen LogP contribution is -2.43. The minimum atomic E-state index is -0.695. The maximum absolute atomic E-state index is 13.9. The van der Waals surface area contributed by atoms with Gasteiger partial charge in [0, 0.05) is 23.6 Å². The zero-order valence-electron chi connectivity index (χ0n) is 11.1. The van der Waals surface area contributed by atoms with E-state index in [1.54, 1.807) is 0 Å². The molecule has 8 heteroatoms. The van der Waals surface area contributed by atoms with E-state index in [2.05, 4.69) is 31.1 Å². The van der Waals surface area contributed by atoms with Gasteiger partial charge in [-0.1, -0.05) is 15.9 Å². The monoisotopic (exact) mass is 357 g/mol. The van der Waals surface area contributed by atoms with Crippen LogP contribution in [-0.4, -0.2) is 34.3 Å². The van der Waals surface area contributed by atoms with Gasteiger partial charge in [-0.15, -0.1) is 5.10 Å². The summed E-state index contributed by atoms with van der Waals surface area (Å²) in [5, 5.41) is 6.64. The van der Waals surface area contributed by atoms with Crippen LogP contribution in [0.1, 0.15) is 12.8 Å². The summed E-state index contributed by atoms with van der Waals surface area (Å²) in [5.74, 6) is -0.895. The number of hydrogen-bond donors (Lipinski definition) is 2. The van der Waals surface area contributed by atoms with Gasteiger partial charge >= 0.3 is 0 Å². The molecule has 1 unspecified atom stereocenters. The maximum Gasteiger partial charge on any atom is 0.245 e. The van der Waals surface area contributed by atoms with Crippen molar-refractivity contribution < 1.29 is 8.78 Å². The van der Waals surface area contributed by atoms with Gasteiger partial charge in [-0.25, -0.2) is 8.78 Å². The van der Waals surface area contributed by atoms with E-state index in [1.165, 1.54) is 12.1 Å². The minimum absolute atomic E-state index is 0.0712. The zero-order valence-corrected chi connectivity index (χ0v) is 12.7. The Morgan fingerprint density at radius 1 is 1.33 bits per heavy atom. The molecule has 1 aliphatic rings. The molecule has 21 heavy (non-hydrogen) atoms. The Kier molecular flexibility index (Phi) is 3.90. The standard InChI is InChI=1S/C13H14BrF2N5/c14-7-4-9(15)11(10(16)5-7)12-18-13(20-19-12)21-3-1-2-8(17)6-21/h4-5,8H,1-3,6,17H2,(H,18,19,20). The van der Waals surface area contributed by atoms with Crippen molar-refractivity contribution >= 4 is 21.9 Å². The molecule has 2 heterocycles. The van der Waals surface area contributed by atoms with Gasteiger partial charge in [0.05, 0.1) is 5.56 Å². The summed E-state index contributed by atoms with van der Waals surface area (Å²) in [6.45, 7) is 1.43. The second kappa shape index (κ2) is 5.69. The fourth-order valence-corrected chi connectivity index (χ4v) is 2.87. The second-order valence-electron chi connectivity index (χ2n) is 5.08. The van der Waals surface area contributed by atoms with Crippen LogP contribution in [0.2, 0.25) is 0 Å². The molecule has 3 N–H and O–H groups in total. The van der Waals surface area contributed by atoms with Crippen LogP contribution >= 0.6 is 15.9 Å². The molecule has 5 nitrogen and oxygen atoms in total. The van der Waals surface area contributed by atoms with Gasteiger partial charge in [-0.05, 0) is 25.0 Å². The third-order valence-corrected chi connectivity index (χ3v) is 3.92. The first-order valence-electron chi connectivity index (χ1n) is 6.62. The van der Waals surface area contributed by atoms with Crippen LogP contribution in [0.4, 0.5) is 14.7 Å². The number of hydrogen-bond acceptors (Lipinski definition) is 4. The number of nitrogens with one attached hydrogen (secondary N) is 1. The van der Waals surface area contributed by atoms with E-state index >= 15 is 0 Å². The van der Waals surface area contributed by atoms with Gasteiger partial charge in [0.1, 0.15) is 11.6 Å². The number of piperidine rings is 1. The fraction of sp³-hybridized carbons (Fsp3) is 0.385. The van der Waals surface area contributed by atoms with Gasteiger partial charge in [-0.3, -0.25) is 5.10 Å². The maximum atomic E-state index is 13.9. The lowest BCUT2D eigenvalue weighted by atomic mass is 10.1. The van der Waals surface area contributed by atoms with E-state index in [0.29, 0.717) is 17.0 Å².